The molecule has 0 aliphatic rings. The molecule has 0 bridgehead atoms. The number of rotatable bonds is 9. The van der Waals surface area contributed by atoms with Crippen LogP contribution in [-0.2, 0) is 11.2 Å². The van der Waals surface area contributed by atoms with Crippen molar-refractivity contribution < 1.29 is 23.8 Å². The summed E-state index contributed by atoms with van der Waals surface area (Å²) >= 11 is 0. The van der Waals surface area contributed by atoms with Gasteiger partial charge in [-0.2, -0.15) is 0 Å². The molecule has 0 atom stereocenters. The zero-order chi connectivity index (χ0) is 22.9. The van der Waals surface area contributed by atoms with Crippen LogP contribution in [0.5, 0.6) is 17.2 Å². The molecule has 3 aromatic carbocycles. The van der Waals surface area contributed by atoms with E-state index in [1.165, 1.54) is 0 Å². The Hall–Kier alpha value is -4.00. The summed E-state index contributed by atoms with van der Waals surface area (Å²) in [6.45, 7) is 0. The molecular weight excluding hydrogens is 408 g/mol. The highest BCUT2D eigenvalue weighted by molar-refractivity contribution is 6.04. The zero-order valence-electron chi connectivity index (χ0n) is 18.3. The van der Waals surface area contributed by atoms with Crippen molar-refractivity contribution in [3.05, 3.63) is 77.9 Å². The van der Waals surface area contributed by atoms with Crippen molar-refractivity contribution in [2.75, 3.05) is 32.0 Å². The third kappa shape index (κ3) is 6.01. The Labute approximate surface area is 187 Å². The molecule has 0 unspecified atom stereocenters. The summed E-state index contributed by atoms with van der Waals surface area (Å²) in [6.07, 6.45) is 0.879. The first-order valence-electron chi connectivity index (χ1n) is 10.1. The molecule has 7 nitrogen and oxygen atoms in total. The van der Waals surface area contributed by atoms with Crippen LogP contribution in [0.1, 0.15) is 22.3 Å². The number of nitrogens with one attached hydrogen (secondary N) is 2. The summed E-state index contributed by atoms with van der Waals surface area (Å²) in [7, 11) is 4.75. The van der Waals surface area contributed by atoms with Crippen LogP contribution in [0.4, 0.5) is 11.4 Å². The normalized spacial score (nSPS) is 10.2. The number of ether oxygens (including phenoxy) is 3. The molecule has 0 saturated heterocycles. The average molecular weight is 434 g/mol. The number of benzene rings is 3. The van der Waals surface area contributed by atoms with Crippen molar-refractivity contribution >= 4 is 23.2 Å². The van der Waals surface area contributed by atoms with Crippen molar-refractivity contribution in [3.63, 3.8) is 0 Å². The molecule has 3 rings (SSSR count). The molecule has 2 amide bonds. The van der Waals surface area contributed by atoms with Crippen LogP contribution in [0.25, 0.3) is 0 Å². The van der Waals surface area contributed by atoms with Gasteiger partial charge in [0.2, 0.25) is 5.91 Å². The molecule has 0 aliphatic carbocycles. The van der Waals surface area contributed by atoms with E-state index in [0.29, 0.717) is 47.0 Å². The van der Waals surface area contributed by atoms with E-state index in [2.05, 4.69) is 10.6 Å². The van der Waals surface area contributed by atoms with Gasteiger partial charge >= 0.3 is 0 Å². The molecule has 0 radical (unpaired) electrons. The summed E-state index contributed by atoms with van der Waals surface area (Å²) in [5.74, 6) is 1.65. The Balaban J connectivity index is 1.52. The summed E-state index contributed by atoms with van der Waals surface area (Å²) in [4.78, 5) is 24.7. The predicted octanol–water partition coefficient (Wildman–Crippen LogP) is 4.54. The Morgan fingerprint density at radius 3 is 1.97 bits per heavy atom. The van der Waals surface area contributed by atoms with Crippen molar-refractivity contribution in [3.8, 4) is 17.2 Å². The summed E-state index contributed by atoms with van der Waals surface area (Å²) < 4.78 is 15.6. The van der Waals surface area contributed by atoms with E-state index in [0.717, 1.165) is 5.56 Å². The van der Waals surface area contributed by atoms with E-state index in [1.807, 2.05) is 18.2 Å². The SMILES string of the molecule is COc1ccc(NC(=O)c2ccc(NC(=O)CCc3ccc(OC)c(OC)c3)cc2)cc1. The molecule has 0 saturated carbocycles. The van der Waals surface area contributed by atoms with Crippen LogP contribution in [0.2, 0.25) is 0 Å². The molecule has 0 spiro atoms. The summed E-state index contributed by atoms with van der Waals surface area (Å²) in [5, 5.41) is 5.68. The second-order valence-electron chi connectivity index (χ2n) is 7.00. The number of aryl methyl sites for hydroxylation is 1. The van der Waals surface area contributed by atoms with E-state index in [4.69, 9.17) is 14.2 Å². The van der Waals surface area contributed by atoms with Crippen LogP contribution in [0.3, 0.4) is 0 Å². The number of amides is 2. The minimum Gasteiger partial charge on any atom is -0.497 e. The topological polar surface area (TPSA) is 85.9 Å². The fourth-order valence-corrected chi connectivity index (χ4v) is 3.10. The predicted molar refractivity (Wildman–Crippen MR) is 124 cm³/mol. The smallest absolute Gasteiger partial charge is 0.255 e. The lowest BCUT2D eigenvalue weighted by Gasteiger charge is -2.10. The number of anilines is 2. The Bertz CT molecular complexity index is 1060. The van der Waals surface area contributed by atoms with Gasteiger partial charge in [-0.1, -0.05) is 6.07 Å². The second-order valence-corrected chi connectivity index (χ2v) is 7.00. The van der Waals surface area contributed by atoms with E-state index >= 15 is 0 Å². The quantitative estimate of drug-likeness (QED) is 0.517. The van der Waals surface area contributed by atoms with Gasteiger partial charge in [0.1, 0.15) is 5.75 Å². The van der Waals surface area contributed by atoms with E-state index in [9.17, 15) is 9.59 Å². The van der Waals surface area contributed by atoms with E-state index in [-0.39, 0.29) is 11.8 Å². The van der Waals surface area contributed by atoms with Gasteiger partial charge in [0.15, 0.2) is 11.5 Å². The fraction of sp³-hybridized carbons (Fsp3) is 0.200. The highest BCUT2D eigenvalue weighted by Gasteiger charge is 2.09. The summed E-state index contributed by atoms with van der Waals surface area (Å²) in [6, 6.07) is 19.4. The Kier molecular flexibility index (Phi) is 7.70. The van der Waals surface area contributed by atoms with Crippen LogP contribution < -0.4 is 24.8 Å². The molecular formula is C25H26N2O5. The van der Waals surface area contributed by atoms with Crippen molar-refractivity contribution in [2.45, 2.75) is 12.8 Å². The minimum absolute atomic E-state index is 0.116. The van der Waals surface area contributed by atoms with Crippen LogP contribution in [0, 0.1) is 0 Å². The third-order valence-corrected chi connectivity index (χ3v) is 4.87. The molecule has 7 heteroatoms. The lowest BCUT2D eigenvalue weighted by atomic mass is 10.1. The van der Waals surface area contributed by atoms with E-state index in [1.54, 1.807) is 69.9 Å². The van der Waals surface area contributed by atoms with Crippen LogP contribution >= 0.6 is 0 Å². The zero-order valence-corrected chi connectivity index (χ0v) is 18.3. The standard InChI is InChI=1S/C25H26N2O5/c1-30-21-12-10-20(11-13-21)27-25(29)18-6-8-19(9-7-18)26-24(28)15-5-17-4-14-22(31-2)23(16-17)32-3/h4,6-14,16H,5,15H2,1-3H3,(H,26,28)(H,27,29). The van der Waals surface area contributed by atoms with E-state index < -0.39 is 0 Å². The maximum atomic E-state index is 12.4. The van der Waals surface area contributed by atoms with Gasteiger partial charge < -0.3 is 24.8 Å². The van der Waals surface area contributed by atoms with Gasteiger partial charge in [-0.05, 0) is 72.6 Å². The first-order chi connectivity index (χ1) is 15.5. The second kappa shape index (κ2) is 10.9. The van der Waals surface area contributed by atoms with Gasteiger partial charge in [0.25, 0.3) is 5.91 Å². The molecule has 3 aromatic rings. The number of hydrogen-bond acceptors (Lipinski definition) is 5. The molecule has 0 aromatic heterocycles. The maximum absolute atomic E-state index is 12.4. The van der Waals surface area contributed by atoms with Gasteiger partial charge in [0.05, 0.1) is 21.3 Å². The average Bonchev–Trinajstić information content (AvgIpc) is 2.83. The highest BCUT2D eigenvalue weighted by atomic mass is 16.5. The number of methoxy groups -OCH3 is 3. The fourth-order valence-electron chi connectivity index (χ4n) is 3.10. The number of carbonyl (C=O) groups excluding carboxylic acids is 2. The molecule has 0 heterocycles. The van der Waals surface area contributed by atoms with Crippen molar-refractivity contribution in [1.82, 2.24) is 0 Å². The lowest BCUT2D eigenvalue weighted by molar-refractivity contribution is -0.116. The maximum Gasteiger partial charge on any atom is 0.255 e. The molecule has 166 valence electrons. The minimum atomic E-state index is -0.235. The lowest BCUT2D eigenvalue weighted by Crippen LogP contribution is -2.14. The monoisotopic (exact) mass is 434 g/mol. The van der Waals surface area contributed by atoms with Gasteiger partial charge in [-0.25, -0.2) is 0 Å². The highest BCUT2D eigenvalue weighted by Crippen LogP contribution is 2.28. The Morgan fingerprint density at radius 2 is 1.34 bits per heavy atom. The Morgan fingerprint density at radius 1 is 0.719 bits per heavy atom. The molecule has 0 aliphatic heterocycles. The molecule has 32 heavy (non-hydrogen) atoms. The van der Waals surface area contributed by atoms with Crippen LogP contribution in [-0.4, -0.2) is 33.1 Å². The molecule has 0 fully saturated rings. The number of carbonyl (C=O) groups is 2. The van der Waals surface area contributed by atoms with Crippen molar-refractivity contribution in [2.24, 2.45) is 0 Å². The number of hydrogen-bond donors (Lipinski definition) is 2. The third-order valence-electron chi connectivity index (χ3n) is 4.87. The van der Waals surface area contributed by atoms with Gasteiger partial charge in [0, 0.05) is 23.4 Å². The van der Waals surface area contributed by atoms with Gasteiger partial charge in [-0.3, -0.25) is 9.59 Å². The largest absolute Gasteiger partial charge is 0.497 e. The molecule has 2 N–H and O–H groups in total. The van der Waals surface area contributed by atoms with Gasteiger partial charge in [-0.15, -0.1) is 0 Å². The van der Waals surface area contributed by atoms with Crippen molar-refractivity contribution in [1.29, 1.82) is 0 Å². The first-order valence-corrected chi connectivity index (χ1v) is 10.1. The van der Waals surface area contributed by atoms with Crippen LogP contribution in [0.15, 0.2) is 66.7 Å². The summed E-state index contributed by atoms with van der Waals surface area (Å²) in [5.41, 5.74) is 2.76. The first kappa shape index (κ1) is 22.7.